The zero-order chi connectivity index (χ0) is 20.0. The highest BCUT2D eigenvalue weighted by molar-refractivity contribution is 8.02. The predicted molar refractivity (Wildman–Crippen MR) is 114 cm³/mol. The number of H-pyrrole nitrogens is 1. The number of carbonyl (C=O) groups excluding carboxylic acids is 1. The summed E-state index contributed by atoms with van der Waals surface area (Å²) in [6, 6.07) is 12.4. The lowest BCUT2D eigenvalue weighted by atomic mass is 10.0. The molecule has 0 aliphatic carbocycles. The summed E-state index contributed by atoms with van der Waals surface area (Å²) in [5, 5.41) is 0. The van der Waals surface area contributed by atoms with Crippen molar-refractivity contribution in [2.24, 2.45) is 0 Å². The molecule has 0 spiro atoms. The summed E-state index contributed by atoms with van der Waals surface area (Å²) in [4.78, 5) is 26.2. The van der Waals surface area contributed by atoms with Gasteiger partial charge in [-0.3, -0.25) is 4.79 Å². The van der Waals surface area contributed by atoms with Gasteiger partial charge in [0.2, 0.25) is 0 Å². The smallest absolute Gasteiger partial charge is 0.263 e. The normalized spacial score (nSPS) is 16.4. The van der Waals surface area contributed by atoms with Crippen molar-refractivity contribution in [1.82, 2.24) is 25.1 Å². The topological polar surface area (TPSA) is 82.3 Å². The van der Waals surface area contributed by atoms with Gasteiger partial charge in [0.1, 0.15) is 23.1 Å². The van der Waals surface area contributed by atoms with Gasteiger partial charge >= 0.3 is 0 Å². The number of benzene rings is 2. The number of allylic oxidation sites excluding steroid dienone is 1. The van der Waals surface area contributed by atoms with Crippen LogP contribution < -0.4 is 15.0 Å². The van der Waals surface area contributed by atoms with Crippen LogP contribution in [0.15, 0.2) is 47.0 Å². The van der Waals surface area contributed by atoms with Crippen LogP contribution in [0.3, 0.4) is 0 Å². The Morgan fingerprint density at radius 1 is 1.17 bits per heavy atom. The number of rotatable bonds is 2. The van der Waals surface area contributed by atoms with Crippen LogP contribution in [0.25, 0.3) is 22.2 Å². The first-order valence-electron chi connectivity index (χ1n) is 9.49. The van der Waals surface area contributed by atoms with Crippen molar-refractivity contribution >= 4 is 28.9 Å². The molecule has 29 heavy (non-hydrogen) atoms. The van der Waals surface area contributed by atoms with Gasteiger partial charge in [-0.25, -0.2) is 4.98 Å². The van der Waals surface area contributed by atoms with Crippen LogP contribution in [0.5, 0.6) is 5.75 Å². The average Bonchev–Trinajstić information content (AvgIpc) is 3.23. The third kappa shape index (κ3) is 3.34. The molecule has 0 radical (unpaired) electrons. The van der Waals surface area contributed by atoms with E-state index >= 15 is 0 Å². The summed E-state index contributed by atoms with van der Waals surface area (Å²) in [7, 11) is 0. The van der Waals surface area contributed by atoms with Crippen LogP contribution in [-0.2, 0) is 11.3 Å². The minimum absolute atomic E-state index is 0.0150. The van der Waals surface area contributed by atoms with E-state index in [0.29, 0.717) is 24.6 Å². The van der Waals surface area contributed by atoms with E-state index in [1.165, 1.54) is 11.9 Å². The molecule has 3 heterocycles. The molecule has 8 heteroatoms. The number of hydrogen-bond donors (Lipinski definition) is 3. The molecule has 0 bridgehead atoms. The summed E-state index contributed by atoms with van der Waals surface area (Å²) >= 11 is 1.32. The molecule has 0 fully saturated rings. The van der Waals surface area contributed by atoms with Crippen molar-refractivity contribution in [3.63, 3.8) is 0 Å². The maximum absolute atomic E-state index is 13.0. The Labute approximate surface area is 172 Å². The van der Waals surface area contributed by atoms with E-state index in [0.717, 1.165) is 45.0 Å². The van der Waals surface area contributed by atoms with Crippen molar-refractivity contribution in [3.8, 4) is 16.9 Å². The second-order valence-electron chi connectivity index (χ2n) is 7.24. The molecule has 148 valence electrons. The molecule has 3 aromatic rings. The molecule has 0 unspecified atom stereocenters. The Morgan fingerprint density at radius 3 is 2.83 bits per heavy atom. The molecule has 1 aromatic heterocycles. The summed E-state index contributed by atoms with van der Waals surface area (Å²) in [6.07, 6.45) is 0. The molecule has 0 atom stereocenters. The fraction of sp³-hybridized carbons (Fsp3) is 0.238. The van der Waals surface area contributed by atoms with Crippen molar-refractivity contribution in [2.75, 3.05) is 13.2 Å². The van der Waals surface area contributed by atoms with Crippen LogP contribution in [-0.4, -0.2) is 33.9 Å². The number of hydrazine groups is 1. The van der Waals surface area contributed by atoms with Crippen molar-refractivity contribution < 1.29 is 9.53 Å². The summed E-state index contributed by atoms with van der Waals surface area (Å²) in [5.41, 5.74) is 9.00. The molecular weight excluding hydrogens is 386 g/mol. The lowest BCUT2D eigenvalue weighted by Crippen LogP contribution is -2.33. The van der Waals surface area contributed by atoms with Gasteiger partial charge in [0.25, 0.3) is 5.91 Å². The third-order valence-electron chi connectivity index (χ3n) is 5.19. The van der Waals surface area contributed by atoms with Crippen molar-refractivity contribution in [1.29, 1.82) is 0 Å². The first-order chi connectivity index (χ1) is 14.1. The van der Waals surface area contributed by atoms with E-state index in [-0.39, 0.29) is 5.91 Å². The SMILES string of the molecule is CC1=C(C(=O)N2CCOc3ccc(-c4ccc5nc(C)[nH]c5c4)cc3C2)SNN1. The highest BCUT2D eigenvalue weighted by Gasteiger charge is 2.27. The zero-order valence-electron chi connectivity index (χ0n) is 16.2. The molecule has 2 aliphatic heterocycles. The molecule has 0 saturated heterocycles. The van der Waals surface area contributed by atoms with E-state index in [2.05, 4.69) is 44.5 Å². The van der Waals surface area contributed by atoms with Crippen molar-refractivity contribution in [3.05, 3.63) is 58.4 Å². The van der Waals surface area contributed by atoms with Crippen LogP contribution in [0, 0.1) is 6.92 Å². The van der Waals surface area contributed by atoms with Gasteiger partial charge in [0, 0.05) is 17.8 Å². The summed E-state index contributed by atoms with van der Waals surface area (Å²) < 4.78 is 5.92. The fourth-order valence-electron chi connectivity index (χ4n) is 3.70. The van der Waals surface area contributed by atoms with Gasteiger partial charge in [-0.15, -0.1) is 0 Å². The number of nitrogens with one attached hydrogen (secondary N) is 3. The highest BCUT2D eigenvalue weighted by atomic mass is 32.2. The lowest BCUT2D eigenvalue weighted by Gasteiger charge is -2.20. The summed E-state index contributed by atoms with van der Waals surface area (Å²) in [6.45, 7) is 5.41. The number of imidazole rings is 1. The minimum atomic E-state index is 0.0150. The van der Waals surface area contributed by atoms with E-state index in [1.54, 1.807) is 0 Å². The van der Waals surface area contributed by atoms with Gasteiger partial charge in [-0.2, -0.15) is 4.83 Å². The van der Waals surface area contributed by atoms with Gasteiger partial charge in [0.15, 0.2) is 0 Å². The lowest BCUT2D eigenvalue weighted by molar-refractivity contribution is -0.127. The fourth-order valence-corrected chi connectivity index (χ4v) is 4.42. The van der Waals surface area contributed by atoms with Crippen LogP contribution in [0.1, 0.15) is 18.3 Å². The number of nitrogens with zero attached hydrogens (tertiary/aromatic N) is 2. The van der Waals surface area contributed by atoms with E-state index in [9.17, 15) is 4.79 Å². The molecule has 0 saturated carbocycles. The number of amides is 1. The number of aryl methyl sites for hydroxylation is 1. The standard InChI is InChI=1S/C21H21N5O2S/c1-12-20(29-25-24-12)21(27)26-7-8-28-19-6-4-14(9-16(19)11-26)15-3-5-17-18(10-15)23-13(2)22-17/h3-6,9-10,24-25H,7-8,11H2,1-2H3,(H,22,23). The number of ether oxygens (including phenoxy) is 1. The van der Waals surface area contributed by atoms with Crippen molar-refractivity contribution in [2.45, 2.75) is 20.4 Å². The molecule has 3 N–H and O–H groups in total. The largest absolute Gasteiger partial charge is 0.491 e. The second-order valence-corrected chi connectivity index (χ2v) is 8.05. The highest BCUT2D eigenvalue weighted by Crippen LogP contribution is 2.32. The quantitative estimate of drug-likeness (QED) is 0.566. The van der Waals surface area contributed by atoms with Crippen LogP contribution in [0.2, 0.25) is 0 Å². The van der Waals surface area contributed by atoms with Gasteiger partial charge in [0.05, 0.1) is 17.6 Å². The van der Waals surface area contributed by atoms with Gasteiger partial charge in [-0.1, -0.05) is 12.1 Å². The van der Waals surface area contributed by atoms with Gasteiger partial charge in [-0.05, 0) is 61.2 Å². The molecule has 2 aromatic carbocycles. The maximum atomic E-state index is 13.0. The average molecular weight is 407 g/mol. The third-order valence-corrected chi connectivity index (χ3v) is 6.08. The number of fused-ring (bicyclic) bond motifs is 2. The summed E-state index contributed by atoms with van der Waals surface area (Å²) in [5.74, 6) is 1.75. The Balaban J connectivity index is 1.47. The van der Waals surface area contributed by atoms with E-state index in [4.69, 9.17) is 4.74 Å². The Morgan fingerprint density at radius 2 is 2.00 bits per heavy atom. The van der Waals surface area contributed by atoms with Crippen LogP contribution >= 0.6 is 11.9 Å². The zero-order valence-corrected chi connectivity index (χ0v) is 17.0. The Hall–Kier alpha value is -2.97. The number of hydrogen-bond acceptors (Lipinski definition) is 6. The van der Waals surface area contributed by atoms with E-state index in [1.807, 2.05) is 30.9 Å². The van der Waals surface area contributed by atoms with E-state index < -0.39 is 0 Å². The molecule has 2 aliphatic rings. The second kappa shape index (κ2) is 7.13. The maximum Gasteiger partial charge on any atom is 0.263 e. The Bertz CT molecular complexity index is 1150. The van der Waals surface area contributed by atoms with Gasteiger partial charge < -0.3 is 20.0 Å². The predicted octanol–water partition coefficient (Wildman–Crippen LogP) is 3.25. The molecular formula is C21H21N5O2S. The first-order valence-corrected chi connectivity index (χ1v) is 10.3. The number of carbonyl (C=O) groups is 1. The minimum Gasteiger partial charge on any atom is -0.491 e. The Kier molecular flexibility index (Phi) is 4.44. The number of aromatic amines is 1. The molecule has 5 rings (SSSR count). The monoisotopic (exact) mass is 407 g/mol. The molecule has 1 amide bonds. The molecule has 7 nitrogen and oxygen atoms in total. The number of aromatic nitrogens is 2. The first kappa shape index (κ1) is 18.1. The van der Waals surface area contributed by atoms with Crippen LogP contribution in [0.4, 0.5) is 0 Å².